The minimum Gasteiger partial charge on any atom is -0.326 e. The Balaban J connectivity index is 2.35. The van der Waals surface area contributed by atoms with E-state index in [-0.39, 0.29) is 18.2 Å². The molecule has 0 amide bonds. The van der Waals surface area contributed by atoms with E-state index in [4.69, 9.17) is 5.73 Å². The van der Waals surface area contributed by atoms with Crippen molar-refractivity contribution in [2.24, 2.45) is 5.73 Å². The molecule has 0 saturated heterocycles. The lowest BCUT2D eigenvalue weighted by Crippen LogP contribution is -1.99. The summed E-state index contributed by atoms with van der Waals surface area (Å²) in [5.41, 5.74) is 6.27. The van der Waals surface area contributed by atoms with Crippen molar-refractivity contribution in [2.45, 2.75) is 16.3 Å². The van der Waals surface area contributed by atoms with Crippen molar-refractivity contribution in [3.05, 3.63) is 59.7 Å². The number of benzene rings is 2. The molecule has 0 atom stereocenters. The summed E-state index contributed by atoms with van der Waals surface area (Å²) in [7, 11) is 0. The van der Waals surface area contributed by atoms with Gasteiger partial charge in [-0.15, -0.1) is 0 Å². The Labute approximate surface area is 103 Å². The van der Waals surface area contributed by atoms with Gasteiger partial charge in [0.15, 0.2) is 0 Å². The number of rotatable bonds is 3. The van der Waals surface area contributed by atoms with Gasteiger partial charge in [0, 0.05) is 11.4 Å². The van der Waals surface area contributed by atoms with E-state index >= 15 is 0 Å². The van der Waals surface area contributed by atoms with Crippen LogP contribution in [0.25, 0.3) is 0 Å². The molecule has 88 valence electrons. The maximum absolute atomic E-state index is 13.7. The summed E-state index contributed by atoms with van der Waals surface area (Å²) in [4.78, 5) is 1.12. The van der Waals surface area contributed by atoms with E-state index in [1.807, 2.05) is 0 Å². The van der Waals surface area contributed by atoms with Crippen LogP contribution in [0, 0.1) is 11.6 Å². The highest BCUT2D eigenvalue weighted by atomic mass is 32.2. The van der Waals surface area contributed by atoms with Gasteiger partial charge in [-0.05, 0) is 29.8 Å². The predicted octanol–water partition coefficient (Wildman–Crippen LogP) is 3.57. The quantitative estimate of drug-likeness (QED) is 0.902. The molecule has 0 aliphatic carbocycles. The summed E-state index contributed by atoms with van der Waals surface area (Å²) in [6, 6.07) is 10.8. The summed E-state index contributed by atoms with van der Waals surface area (Å²) < 4.78 is 26.7. The molecule has 0 unspecified atom stereocenters. The Hall–Kier alpha value is -1.39. The zero-order valence-corrected chi connectivity index (χ0v) is 9.81. The topological polar surface area (TPSA) is 26.0 Å². The molecule has 0 bridgehead atoms. The molecule has 17 heavy (non-hydrogen) atoms. The molecular formula is C13H11F2NS. The van der Waals surface area contributed by atoms with Crippen molar-refractivity contribution < 1.29 is 8.78 Å². The minimum atomic E-state index is -0.333. The van der Waals surface area contributed by atoms with E-state index in [1.54, 1.807) is 24.3 Å². The normalized spacial score (nSPS) is 10.5. The van der Waals surface area contributed by atoms with E-state index in [1.165, 1.54) is 30.0 Å². The molecule has 0 radical (unpaired) electrons. The average Bonchev–Trinajstić information content (AvgIpc) is 2.32. The molecule has 0 aliphatic rings. The minimum absolute atomic E-state index is 0.259. The van der Waals surface area contributed by atoms with Crippen LogP contribution < -0.4 is 5.73 Å². The third-order valence-corrected chi connectivity index (χ3v) is 3.44. The van der Waals surface area contributed by atoms with Crippen molar-refractivity contribution in [3.63, 3.8) is 0 Å². The third kappa shape index (κ3) is 2.84. The summed E-state index contributed by atoms with van der Waals surface area (Å²) >= 11 is 1.18. The first-order chi connectivity index (χ1) is 8.20. The van der Waals surface area contributed by atoms with Crippen molar-refractivity contribution in [1.82, 2.24) is 0 Å². The highest BCUT2D eigenvalue weighted by Gasteiger charge is 2.09. The molecule has 1 nitrogen and oxygen atoms in total. The van der Waals surface area contributed by atoms with Crippen LogP contribution in [0.2, 0.25) is 0 Å². The lowest BCUT2D eigenvalue weighted by Gasteiger charge is -2.08. The van der Waals surface area contributed by atoms with Crippen LogP contribution in [0.15, 0.2) is 52.3 Å². The molecular weight excluding hydrogens is 240 g/mol. The standard InChI is InChI=1S/C13H11F2NS/c14-10-4-2-5-11(7-10)17-13-9(8-16)3-1-6-12(13)15/h1-7H,8,16H2. The van der Waals surface area contributed by atoms with Gasteiger partial charge in [-0.3, -0.25) is 0 Å². The average molecular weight is 251 g/mol. The number of halogens is 2. The van der Waals surface area contributed by atoms with Crippen LogP contribution >= 0.6 is 11.8 Å². The molecule has 0 aliphatic heterocycles. The Bertz CT molecular complexity index is 529. The molecule has 4 heteroatoms. The zero-order chi connectivity index (χ0) is 12.3. The van der Waals surface area contributed by atoms with E-state index in [0.29, 0.717) is 9.79 Å². The summed E-state index contributed by atoms with van der Waals surface area (Å²) in [6.07, 6.45) is 0. The van der Waals surface area contributed by atoms with Crippen LogP contribution in [0.1, 0.15) is 5.56 Å². The Morgan fingerprint density at radius 1 is 1.06 bits per heavy atom. The van der Waals surface area contributed by atoms with Crippen molar-refractivity contribution >= 4 is 11.8 Å². The number of hydrogen-bond acceptors (Lipinski definition) is 2. The van der Waals surface area contributed by atoms with Crippen LogP contribution in [-0.4, -0.2) is 0 Å². The molecule has 2 N–H and O–H groups in total. The molecule has 0 heterocycles. The second-order valence-corrected chi connectivity index (χ2v) is 4.58. The molecule has 0 saturated carbocycles. The first-order valence-corrected chi connectivity index (χ1v) is 5.93. The van der Waals surface area contributed by atoms with Crippen molar-refractivity contribution in [3.8, 4) is 0 Å². The van der Waals surface area contributed by atoms with Crippen molar-refractivity contribution in [1.29, 1.82) is 0 Å². The maximum atomic E-state index is 13.7. The van der Waals surface area contributed by atoms with Crippen molar-refractivity contribution in [2.75, 3.05) is 0 Å². The van der Waals surface area contributed by atoms with E-state index < -0.39 is 0 Å². The van der Waals surface area contributed by atoms with Gasteiger partial charge in [-0.2, -0.15) is 0 Å². The van der Waals surface area contributed by atoms with E-state index in [0.717, 1.165) is 5.56 Å². The fourth-order valence-electron chi connectivity index (χ4n) is 1.48. The fraction of sp³-hybridized carbons (Fsp3) is 0.0769. The summed E-state index contributed by atoms with van der Waals surface area (Å²) in [6.45, 7) is 0.259. The van der Waals surface area contributed by atoms with E-state index in [9.17, 15) is 8.78 Å². The third-order valence-electron chi connectivity index (χ3n) is 2.28. The predicted molar refractivity (Wildman–Crippen MR) is 64.8 cm³/mol. The first kappa shape index (κ1) is 12.1. The maximum Gasteiger partial charge on any atom is 0.137 e. The van der Waals surface area contributed by atoms with Crippen LogP contribution in [0.4, 0.5) is 8.78 Å². The van der Waals surface area contributed by atoms with E-state index in [2.05, 4.69) is 0 Å². The Morgan fingerprint density at radius 2 is 1.82 bits per heavy atom. The lowest BCUT2D eigenvalue weighted by atomic mass is 10.2. The molecule has 0 spiro atoms. The van der Waals surface area contributed by atoms with Crippen LogP contribution in [-0.2, 0) is 6.54 Å². The first-order valence-electron chi connectivity index (χ1n) is 5.11. The summed E-state index contributed by atoms with van der Waals surface area (Å²) in [5.74, 6) is -0.664. The second kappa shape index (κ2) is 5.29. The lowest BCUT2D eigenvalue weighted by molar-refractivity contribution is 0.597. The smallest absolute Gasteiger partial charge is 0.137 e. The second-order valence-electron chi connectivity index (χ2n) is 3.49. The molecule has 2 aromatic carbocycles. The van der Waals surface area contributed by atoms with Crippen LogP contribution in [0.5, 0.6) is 0 Å². The van der Waals surface area contributed by atoms with Gasteiger partial charge in [0.2, 0.25) is 0 Å². The number of hydrogen-bond donors (Lipinski definition) is 1. The highest BCUT2D eigenvalue weighted by molar-refractivity contribution is 7.99. The molecule has 0 aromatic heterocycles. The van der Waals surface area contributed by atoms with Gasteiger partial charge in [-0.25, -0.2) is 8.78 Å². The molecule has 2 aromatic rings. The van der Waals surface area contributed by atoms with Crippen LogP contribution in [0.3, 0.4) is 0 Å². The van der Waals surface area contributed by atoms with Gasteiger partial charge < -0.3 is 5.73 Å². The summed E-state index contributed by atoms with van der Waals surface area (Å²) in [5, 5.41) is 0. The SMILES string of the molecule is NCc1cccc(F)c1Sc1cccc(F)c1. The Kier molecular flexibility index (Phi) is 3.76. The highest BCUT2D eigenvalue weighted by Crippen LogP contribution is 2.32. The zero-order valence-electron chi connectivity index (χ0n) is 8.99. The van der Waals surface area contributed by atoms with Gasteiger partial charge in [-0.1, -0.05) is 30.0 Å². The number of nitrogens with two attached hydrogens (primary N) is 1. The van der Waals surface area contributed by atoms with Gasteiger partial charge in [0.25, 0.3) is 0 Å². The van der Waals surface area contributed by atoms with Gasteiger partial charge in [0.05, 0.1) is 4.90 Å². The molecule has 0 fully saturated rings. The monoisotopic (exact) mass is 251 g/mol. The van der Waals surface area contributed by atoms with Gasteiger partial charge in [0.1, 0.15) is 11.6 Å². The largest absolute Gasteiger partial charge is 0.326 e. The Morgan fingerprint density at radius 3 is 2.53 bits per heavy atom. The fourth-order valence-corrected chi connectivity index (χ4v) is 2.48. The van der Waals surface area contributed by atoms with Gasteiger partial charge >= 0.3 is 0 Å². The molecule has 2 rings (SSSR count).